The molecule has 0 aliphatic carbocycles. The fourth-order valence-electron chi connectivity index (χ4n) is 1.83. The zero-order chi connectivity index (χ0) is 10.7. The average molecular weight is 206 g/mol. The molecule has 4 nitrogen and oxygen atoms in total. The van der Waals surface area contributed by atoms with E-state index in [2.05, 4.69) is 5.32 Å². The van der Waals surface area contributed by atoms with Crippen LogP contribution in [0.25, 0.3) is 0 Å². The summed E-state index contributed by atoms with van der Waals surface area (Å²) in [7, 11) is 0. The first kappa shape index (κ1) is 9.98. The molecule has 2 rings (SSSR count). The van der Waals surface area contributed by atoms with Crippen LogP contribution in [0, 0.1) is 0 Å². The monoisotopic (exact) mass is 206 g/mol. The minimum atomic E-state index is -0.836. The molecule has 0 unspecified atom stereocenters. The molecule has 0 aromatic heterocycles. The molecule has 1 aromatic carbocycles. The molecular weight excluding hydrogens is 192 g/mol. The Balaban J connectivity index is 2.08. The third-order valence-corrected chi connectivity index (χ3v) is 2.65. The summed E-state index contributed by atoms with van der Waals surface area (Å²) < 4.78 is 0. The van der Waals surface area contributed by atoms with Gasteiger partial charge < -0.3 is 15.3 Å². The van der Waals surface area contributed by atoms with E-state index in [0.29, 0.717) is 19.6 Å². The molecule has 0 saturated carbocycles. The summed E-state index contributed by atoms with van der Waals surface area (Å²) in [5.74, 6) is 0. The van der Waals surface area contributed by atoms with Gasteiger partial charge >= 0.3 is 6.09 Å². The van der Waals surface area contributed by atoms with E-state index < -0.39 is 6.09 Å². The Kier molecular flexibility index (Phi) is 2.87. The summed E-state index contributed by atoms with van der Waals surface area (Å²) >= 11 is 0. The van der Waals surface area contributed by atoms with Gasteiger partial charge in [-0.15, -0.1) is 0 Å². The third kappa shape index (κ3) is 2.27. The minimum Gasteiger partial charge on any atom is -0.465 e. The van der Waals surface area contributed by atoms with Gasteiger partial charge in [-0.05, 0) is 5.56 Å². The van der Waals surface area contributed by atoms with Gasteiger partial charge in [0.05, 0.1) is 6.04 Å². The summed E-state index contributed by atoms with van der Waals surface area (Å²) in [5, 5.41) is 12.2. The van der Waals surface area contributed by atoms with Crippen LogP contribution in [-0.4, -0.2) is 35.7 Å². The minimum absolute atomic E-state index is 0.121. The molecule has 0 radical (unpaired) electrons. The second kappa shape index (κ2) is 4.31. The van der Waals surface area contributed by atoms with E-state index in [9.17, 15) is 4.79 Å². The Morgan fingerprint density at radius 2 is 2.13 bits per heavy atom. The van der Waals surface area contributed by atoms with Crippen molar-refractivity contribution >= 4 is 6.09 Å². The lowest BCUT2D eigenvalue weighted by Crippen LogP contribution is -2.47. The highest BCUT2D eigenvalue weighted by molar-refractivity contribution is 5.65. The van der Waals surface area contributed by atoms with Crippen LogP contribution in [0.3, 0.4) is 0 Å². The van der Waals surface area contributed by atoms with Gasteiger partial charge in [-0.25, -0.2) is 4.79 Å². The summed E-state index contributed by atoms with van der Waals surface area (Å²) in [6.07, 6.45) is -0.836. The first-order valence-corrected chi connectivity index (χ1v) is 5.03. The first-order valence-electron chi connectivity index (χ1n) is 5.03. The van der Waals surface area contributed by atoms with Crippen LogP contribution in [0.15, 0.2) is 30.3 Å². The number of nitrogens with one attached hydrogen (secondary N) is 1. The maximum Gasteiger partial charge on any atom is 0.407 e. The summed E-state index contributed by atoms with van der Waals surface area (Å²) in [6.45, 7) is 1.81. The highest BCUT2D eigenvalue weighted by Crippen LogP contribution is 2.16. The van der Waals surface area contributed by atoms with Crippen LogP contribution in [0.2, 0.25) is 0 Å². The second-order valence-electron chi connectivity index (χ2n) is 3.65. The van der Waals surface area contributed by atoms with Crippen LogP contribution < -0.4 is 5.32 Å². The van der Waals surface area contributed by atoms with Gasteiger partial charge in [0, 0.05) is 19.6 Å². The Labute approximate surface area is 88.5 Å². The second-order valence-corrected chi connectivity index (χ2v) is 3.65. The molecule has 1 saturated heterocycles. The van der Waals surface area contributed by atoms with Gasteiger partial charge in [-0.1, -0.05) is 30.3 Å². The van der Waals surface area contributed by atoms with Gasteiger partial charge in [0.15, 0.2) is 0 Å². The first-order chi connectivity index (χ1) is 7.27. The standard InChI is InChI=1S/C11H14N2O2/c14-11(15)13-7-6-12-10(8-13)9-4-2-1-3-5-9/h1-5,10,12H,6-8H2,(H,14,15)/t10-/m1/s1. The molecule has 1 fully saturated rings. The smallest absolute Gasteiger partial charge is 0.407 e. The van der Waals surface area contributed by atoms with Crippen LogP contribution in [0.4, 0.5) is 4.79 Å². The Hall–Kier alpha value is -1.55. The number of rotatable bonds is 1. The molecule has 1 aromatic rings. The van der Waals surface area contributed by atoms with Crippen LogP contribution >= 0.6 is 0 Å². The number of hydrogen-bond donors (Lipinski definition) is 2. The molecule has 15 heavy (non-hydrogen) atoms. The molecule has 1 atom stereocenters. The number of carbonyl (C=O) groups is 1. The highest BCUT2D eigenvalue weighted by Gasteiger charge is 2.23. The topological polar surface area (TPSA) is 52.6 Å². The van der Waals surface area contributed by atoms with Crippen LogP contribution in [-0.2, 0) is 0 Å². The Bertz CT molecular complexity index is 340. The summed E-state index contributed by atoms with van der Waals surface area (Å²) in [6, 6.07) is 10.1. The van der Waals surface area contributed by atoms with E-state index in [-0.39, 0.29) is 6.04 Å². The molecule has 1 amide bonds. The normalized spacial score (nSPS) is 21.3. The van der Waals surface area contributed by atoms with E-state index >= 15 is 0 Å². The Morgan fingerprint density at radius 3 is 2.80 bits per heavy atom. The van der Waals surface area contributed by atoms with Gasteiger partial charge in [0.25, 0.3) is 0 Å². The van der Waals surface area contributed by atoms with E-state index in [1.54, 1.807) is 0 Å². The fourth-order valence-corrected chi connectivity index (χ4v) is 1.83. The third-order valence-electron chi connectivity index (χ3n) is 2.65. The van der Waals surface area contributed by atoms with Gasteiger partial charge in [-0.2, -0.15) is 0 Å². The number of nitrogens with zero attached hydrogens (tertiary/aromatic N) is 1. The number of carboxylic acid groups (broad SMARTS) is 1. The van der Waals surface area contributed by atoms with Gasteiger partial charge in [-0.3, -0.25) is 0 Å². The van der Waals surface area contributed by atoms with Crippen molar-refractivity contribution < 1.29 is 9.90 Å². The van der Waals surface area contributed by atoms with Gasteiger partial charge in [0.2, 0.25) is 0 Å². The van der Waals surface area contributed by atoms with Crippen LogP contribution in [0.1, 0.15) is 11.6 Å². The number of amides is 1. The molecule has 80 valence electrons. The molecule has 1 heterocycles. The van der Waals surface area contributed by atoms with Gasteiger partial charge in [0.1, 0.15) is 0 Å². The largest absolute Gasteiger partial charge is 0.465 e. The maximum atomic E-state index is 10.8. The van der Waals surface area contributed by atoms with E-state index in [1.165, 1.54) is 4.90 Å². The molecule has 2 N–H and O–H groups in total. The zero-order valence-corrected chi connectivity index (χ0v) is 8.39. The molecule has 0 spiro atoms. The molecular formula is C11H14N2O2. The lowest BCUT2D eigenvalue weighted by Gasteiger charge is -2.32. The van der Waals surface area contributed by atoms with Crippen molar-refractivity contribution in [3.05, 3.63) is 35.9 Å². The summed E-state index contributed by atoms with van der Waals surface area (Å²) in [4.78, 5) is 12.3. The zero-order valence-electron chi connectivity index (χ0n) is 8.39. The van der Waals surface area contributed by atoms with Crippen molar-refractivity contribution in [2.75, 3.05) is 19.6 Å². The van der Waals surface area contributed by atoms with Crippen molar-refractivity contribution in [3.8, 4) is 0 Å². The fraction of sp³-hybridized carbons (Fsp3) is 0.364. The van der Waals surface area contributed by atoms with Crippen molar-refractivity contribution in [1.29, 1.82) is 0 Å². The van der Waals surface area contributed by atoms with Crippen molar-refractivity contribution in [3.63, 3.8) is 0 Å². The van der Waals surface area contributed by atoms with E-state index in [4.69, 9.17) is 5.11 Å². The van der Waals surface area contributed by atoms with E-state index in [1.807, 2.05) is 30.3 Å². The lowest BCUT2D eigenvalue weighted by atomic mass is 10.1. The summed E-state index contributed by atoms with van der Waals surface area (Å²) in [5.41, 5.74) is 1.14. The van der Waals surface area contributed by atoms with Crippen molar-refractivity contribution in [1.82, 2.24) is 10.2 Å². The Morgan fingerprint density at radius 1 is 1.40 bits per heavy atom. The number of benzene rings is 1. The van der Waals surface area contributed by atoms with Crippen molar-refractivity contribution in [2.24, 2.45) is 0 Å². The SMILES string of the molecule is O=C(O)N1CCN[C@@H](c2ccccc2)C1. The molecule has 0 bridgehead atoms. The molecule has 1 aliphatic heterocycles. The predicted octanol–water partition coefficient (Wildman–Crippen LogP) is 1.31. The molecule has 1 aliphatic rings. The quantitative estimate of drug-likeness (QED) is 0.728. The highest BCUT2D eigenvalue weighted by atomic mass is 16.4. The van der Waals surface area contributed by atoms with Crippen LogP contribution in [0.5, 0.6) is 0 Å². The van der Waals surface area contributed by atoms with E-state index in [0.717, 1.165) is 5.56 Å². The molecule has 4 heteroatoms. The number of hydrogen-bond acceptors (Lipinski definition) is 2. The lowest BCUT2D eigenvalue weighted by molar-refractivity contribution is 0.129. The maximum absolute atomic E-state index is 10.8. The average Bonchev–Trinajstić information content (AvgIpc) is 2.30. The predicted molar refractivity (Wildman–Crippen MR) is 56.8 cm³/mol. The van der Waals surface area contributed by atoms with Crippen molar-refractivity contribution in [2.45, 2.75) is 6.04 Å². The number of piperazine rings is 1.